The molecule has 0 aromatic heterocycles. The predicted molar refractivity (Wildman–Crippen MR) is 102 cm³/mol. The molecular formula is C21H29N3O2. The molecule has 140 valence electrons. The summed E-state index contributed by atoms with van der Waals surface area (Å²) in [7, 11) is 0. The third-order valence-corrected chi connectivity index (χ3v) is 6.18. The molecule has 0 N–H and O–H groups in total. The number of esters is 1. The first-order valence-electron chi connectivity index (χ1n) is 9.79. The van der Waals surface area contributed by atoms with Crippen molar-refractivity contribution in [1.82, 2.24) is 4.90 Å². The number of cyclic esters (lactones) is 1. The van der Waals surface area contributed by atoms with Crippen molar-refractivity contribution < 1.29 is 9.53 Å². The highest BCUT2D eigenvalue weighted by molar-refractivity contribution is 5.78. The van der Waals surface area contributed by atoms with E-state index in [4.69, 9.17) is 4.74 Å². The summed E-state index contributed by atoms with van der Waals surface area (Å²) in [6.07, 6.45) is 3.60. The summed E-state index contributed by atoms with van der Waals surface area (Å²) < 4.78 is 5.66. The molecule has 1 atom stereocenters. The Kier molecular flexibility index (Phi) is 5.83. The van der Waals surface area contributed by atoms with Crippen LogP contribution >= 0.6 is 0 Å². The van der Waals surface area contributed by atoms with Gasteiger partial charge in [-0.05, 0) is 31.4 Å². The quantitative estimate of drug-likeness (QED) is 0.734. The highest BCUT2D eigenvalue weighted by atomic mass is 16.6. The van der Waals surface area contributed by atoms with Crippen LogP contribution in [0.15, 0.2) is 24.3 Å². The van der Waals surface area contributed by atoms with Gasteiger partial charge in [0.1, 0.15) is 12.2 Å². The van der Waals surface area contributed by atoms with E-state index in [0.717, 1.165) is 69.7 Å². The van der Waals surface area contributed by atoms with Gasteiger partial charge in [0, 0.05) is 39.1 Å². The number of hydrogen-bond donors (Lipinski definition) is 0. The molecule has 2 saturated heterocycles. The van der Waals surface area contributed by atoms with E-state index in [-0.39, 0.29) is 17.5 Å². The summed E-state index contributed by atoms with van der Waals surface area (Å²) in [5.41, 5.74) is 1.54. The molecule has 2 aliphatic rings. The lowest BCUT2D eigenvalue weighted by atomic mass is 9.79. The van der Waals surface area contributed by atoms with Crippen molar-refractivity contribution in [2.45, 2.75) is 45.6 Å². The Balaban J connectivity index is 1.48. The third-order valence-electron chi connectivity index (χ3n) is 6.18. The molecule has 0 amide bonds. The SMILES string of the molecule is CCC1(CC)C[C@H](CCN2CCN(c3ccccc3C#N)CC2)OC1=O. The van der Waals surface area contributed by atoms with E-state index in [2.05, 4.69) is 29.7 Å². The Morgan fingerprint density at radius 3 is 2.50 bits per heavy atom. The summed E-state index contributed by atoms with van der Waals surface area (Å²) in [6.45, 7) is 8.96. The average molecular weight is 355 g/mol. The largest absolute Gasteiger partial charge is 0.462 e. The summed E-state index contributed by atoms with van der Waals surface area (Å²) in [6, 6.07) is 10.1. The second-order valence-corrected chi connectivity index (χ2v) is 7.47. The number of nitriles is 1. The highest BCUT2D eigenvalue weighted by Gasteiger charge is 2.46. The van der Waals surface area contributed by atoms with E-state index in [0.29, 0.717) is 0 Å². The van der Waals surface area contributed by atoms with Crippen LogP contribution in [-0.2, 0) is 9.53 Å². The molecule has 5 nitrogen and oxygen atoms in total. The molecular weight excluding hydrogens is 326 g/mol. The van der Waals surface area contributed by atoms with Crippen molar-refractivity contribution in [2.75, 3.05) is 37.6 Å². The van der Waals surface area contributed by atoms with E-state index < -0.39 is 0 Å². The van der Waals surface area contributed by atoms with Crippen LogP contribution in [0.4, 0.5) is 5.69 Å². The molecule has 0 bridgehead atoms. The first-order valence-corrected chi connectivity index (χ1v) is 9.79. The normalized spacial score (nSPS) is 22.9. The Morgan fingerprint density at radius 1 is 1.19 bits per heavy atom. The van der Waals surface area contributed by atoms with Gasteiger partial charge in [-0.2, -0.15) is 5.26 Å². The van der Waals surface area contributed by atoms with Crippen LogP contribution in [-0.4, -0.2) is 49.7 Å². The Bertz CT molecular complexity index is 670. The lowest BCUT2D eigenvalue weighted by Gasteiger charge is -2.36. The average Bonchev–Trinajstić information content (AvgIpc) is 3.02. The number of piperazine rings is 1. The lowest BCUT2D eigenvalue weighted by Crippen LogP contribution is -2.47. The maximum atomic E-state index is 12.2. The molecule has 0 aliphatic carbocycles. The first-order chi connectivity index (χ1) is 12.6. The van der Waals surface area contributed by atoms with E-state index in [1.807, 2.05) is 24.3 Å². The maximum absolute atomic E-state index is 12.2. The molecule has 0 spiro atoms. The van der Waals surface area contributed by atoms with Crippen molar-refractivity contribution in [3.8, 4) is 6.07 Å². The minimum atomic E-state index is -0.246. The van der Waals surface area contributed by atoms with Crippen molar-refractivity contribution in [2.24, 2.45) is 5.41 Å². The van der Waals surface area contributed by atoms with Crippen LogP contribution in [0.25, 0.3) is 0 Å². The van der Waals surface area contributed by atoms with Crippen LogP contribution in [0.1, 0.15) is 45.1 Å². The summed E-state index contributed by atoms with van der Waals surface area (Å²) >= 11 is 0. The fourth-order valence-corrected chi connectivity index (χ4v) is 4.21. The number of carbonyl (C=O) groups is 1. The van der Waals surface area contributed by atoms with Crippen molar-refractivity contribution in [3.63, 3.8) is 0 Å². The topological polar surface area (TPSA) is 56.6 Å². The molecule has 0 radical (unpaired) electrons. The van der Waals surface area contributed by atoms with E-state index in [9.17, 15) is 10.1 Å². The van der Waals surface area contributed by atoms with E-state index in [1.165, 1.54) is 0 Å². The van der Waals surface area contributed by atoms with Crippen LogP contribution in [0.5, 0.6) is 0 Å². The van der Waals surface area contributed by atoms with E-state index >= 15 is 0 Å². The van der Waals surface area contributed by atoms with Gasteiger partial charge in [0.15, 0.2) is 0 Å². The van der Waals surface area contributed by atoms with Gasteiger partial charge in [0.05, 0.1) is 16.7 Å². The first kappa shape index (κ1) is 18.7. The van der Waals surface area contributed by atoms with Crippen LogP contribution < -0.4 is 4.90 Å². The summed E-state index contributed by atoms with van der Waals surface area (Å²) in [4.78, 5) is 16.9. The van der Waals surface area contributed by atoms with Gasteiger partial charge in [-0.25, -0.2) is 0 Å². The zero-order valence-corrected chi connectivity index (χ0v) is 15.9. The molecule has 0 saturated carbocycles. The van der Waals surface area contributed by atoms with Gasteiger partial charge in [-0.1, -0.05) is 26.0 Å². The minimum absolute atomic E-state index is 0.00503. The Hall–Kier alpha value is -2.06. The van der Waals surface area contributed by atoms with Crippen molar-refractivity contribution in [1.29, 1.82) is 5.26 Å². The standard InChI is InChI=1S/C21H29N3O2/c1-3-21(4-2)15-18(26-20(21)25)9-10-23-11-13-24(14-12-23)19-8-6-5-7-17(19)16-22/h5-8,18H,3-4,9-15H2,1-2H3/t18-/m0/s1. The molecule has 0 unspecified atom stereocenters. The number of nitrogens with zero attached hydrogens (tertiary/aromatic N) is 3. The number of ether oxygens (including phenoxy) is 1. The van der Waals surface area contributed by atoms with Crippen molar-refractivity contribution >= 4 is 11.7 Å². The van der Waals surface area contributed by atoms with Gasteiger partial charge in [0.25, 0.3) is 0 Å². The molecule has 2 aliphatic heterocycles. The Labute approximate surface area is 156 Å². The zero-order chi connectivity index (χ0) is 18.6. The van der Waals surface area contributed by atoms with Crippen LogP contribution in [0, 0.1) is 16.7 Å². The van der Waals surface area contributed by atoms with Crippen LogP contribution in [0.2, 0.25) is 0 Å². The lowest BCUT2D eigenvalue weighted by molar-refractivity contribution is -0.149. The van der Waals surface area contributed by atoms with Gasteiger partial charge in [-0.15, -0.1) is 0 Å². The molecule has 1 aromatic carbocycles. The van der Waals surface area contributed by atoms with Gasteiger partial charge in [-0.3, -0.25) is 9.69 Å². The van der Waals surface area contributed by atoms with Gasteiger partial charge >= 0.3 is 5.97 Å². The minimum Gasteiger partial charge on any atom is -0.462 e. The smallest absolute Gasteiger partial charge is 0.312 e. The fourth-order valence-electron chi connectivity index (χ4n) is 4.21. The molecule has 3 rings (SSSR count). The fraction of sp³-hybridized carbons (Fsp3) is 0.619. The number of carbonyl (C=O) groups excluding carboxylic acids is 1. The monoisotopic (exact) mass is 355 g/mol. The Morgan fingerprint density at radius 2 is 1.88 bits per heavy atom. The second kappa shape index (κ2) is 8.09. The van der Waals surface area contributed by atoms with Crippen molar-refractivity contribution in [3.05, 3.63) is 29.8 Å². The third kappa shape index (κ3) is 3.71. The maximum Gasteiger partial charge on any atom is 0.312 e. The predicted octanol–water partition coefficient (Wildman–Crippen LogP) is 3.19. The highest BCUT2D eigenvalue weighted by Crippen LogP contribution is 2.41. The molecule has 26 heavy (non-hydrogen) atoms. The molecule has 5 heteroatoms. The van der Waals surface area contributed by atoms with Gasteiger partial charge < -0.3 is 9.64 Å². The van der Waals surface area contributed by atoms with Crippen LogP contribution in [0.3, 0.4) is 0 Å². The molecule has 2 heterocycles. The molecule has 2 fully saturated rings. The van der Waals surface area contributed by atoms with E-state index in [1.54, 1.807) is 0 Å². The van der Waals surface area contributed by atoms with Gasteiger partial charge in [0.2, 0.25) is 0 Å². The number of rotatable bonds is 6. The summed E-state index contributed by atoms with van der Waals surface area (Å²) in [5.74, 6) is 0.00503. The second-order valence-electron chi connectivity index (χ2n) is 7.47. The number of anilines is 1. The molecule has 1 aromatic rings. The summed E-state index contributed by atoms with van der Waals surface area (Å²) in [5, 5.41) is 9.28. The zero-order valence-electron chi connectivity index (χ0n) is 15.9. The number of benzene rings is 1. The number of hydrogen-bond acceptors (Lipinski definition) is 5. The number of para-hydroxylation sites is 1.